The van der Waals surface area contributed by atoms with E-state index >= 15 is 0 Å². The van der Waals surface area contributed by atoms with Gasteiger partial charge in [-0.25, -0.2) is 0 Å². The Hall–Kier alpha value is -0.0400. The van der Waals surface area contributed by atoms with Gasteiger partial charge in [-0.2, -0.15) is 0 Å². The topological polar surface area (TPSA) is 20.2 Å². The van der Waals surface area contributed by atoms with Crippen LogP contribution in [0.25, 0.3) is 0 Å². The van der Waals surface area contributed by atoms with Gasteiger partial charge in [0.2, 0.25) is 0 Å². The highest BCUT2D eigenvalue weighted by Crippen LogP contribution is 2.27. The molecule has 0 heterocycles. The number of aliphatic hydroxyl groups excluding tert-OH is 1. The van der Waals surface area contributed by atoms with E-state index in [-0.39, 0.29) is 0 Å². The van der Waals surface area contributed by atoms with E-state index in [1.54, 1.807) is 0 Å². The summed E-state index contributed by atoms with van der Waals surface area (Å²) in [6.45, 7) is 7.06. The summed E-state index contributed by atoms with van der Waals surface area (Å²) in [6, 6.07) is 0. The Kier molecular flexibility index (Phi) is 6.45. The van der Waals surface area contributed by atoms with Crippen molar-refractivity contribution in [1.29, 1.82) is 0 Å². The molecule has 0 unspecified atom stereocenters. The van der Waals surface area contributed by atoms with E-state index in [9.17, 15) is 0 Å². The largest absolute Gasteiger partial charge is 0.396 e. The second kappa shape index (κ2) is 6.47. The molecule has 0 atom stereocenters. The van der Waals surface area contributed by atoms with Crippen LogP contribution >= 0.6 is 0 Å². The van der Waals surface area contributed by atoms with Gasteiger partial charge in [0.25, 0.3) is 0 Å². The smallest absolute Gasteiger partial charge is 0.0436 e. The molecule has 0 amide bonds. The number of aliphatic hydroxyl groups is 1. The summed E-state index contributed by atoms with van der Waals surface area (Å²) in [6.07, 6.45) is 7.54. The van der Waals surface area contributed by atoms with Crippen LogP contribution in [0.2, 0.25) is 0 Å². The fraction of sp³-hybridized carbons (Fsp3) is 1.00. The Morgan fingerprint density at radius 3 is 2.17 bits per heavy atom. The highest BCUT2D eigenvalue weighted by Gasteiger charge is 2.15. The Labute approximate surface area is 77.2 Å². The Morgan fingerprint density at radius 1 is 1.00 bits per heavy atom. The minimum Gasteiger partial charge on any atom is -0.396 e. The van der Waals surface area contributed by atoms with Gasteiger partial charge in [0.05, 0.1) is 0 Å². The standard InChI is InChI=1S/C11H24O/c1-4-5-6-7-8-11(2,3)9-10-12/h12H,4-10H2,1-3H3. The predicted octanol–water partition coefficient (Wildman–Crippen LogP) is 3.37. The molecule has 0 aliphatic rings. The van der Waals surface area contributed by atoms with Crippen molar-refractivity contribution in [3.8, 4) is 0 Å². The molecule has 1 nitrogen and oxygen atoms in total. The van der Waals surface area contributed by atoms with Gasteiger partial charge < -0.3 is 5.11 Å². The number of unbranched alkanes of at least 4 members (excludes halogenated alkanes) is 3. The third kappa shape index (κ3) is 6.66. The van der Waals surface area contributed by atoms with Gasteiger partial charge in [0, 0.05) is 6.61 Å². The zero-order valence-electron chi connectivity index (χ0n) is 8.90. The summed E-state index contributed by atoms with van der Waals surface area (Å²) in [5.41, 5.74) is 0.350. The lowest BCUT2D eigenvalue weighted by Crippen LogP contribution is -2.12. The maximum atomic E-state index is 8.80. The van der Waals surface area contributed by atoms with Crippen molar-refractivity contribution in [2.24, 2.45) is 5.41 Å². The van der Waals surface area contributed by atoms with Crippen LogP contribution < -0.4 is 0 Å². The van der Waals surface area contributed by atoms with E-state index in [1.165, 1.54) is 32.1 Å². The quantitative estimate of drug-likeness (QED) is 0.584. The Balaban J connectivity index is 3.33. The highest BCUT2D eigenvalue weighted by atomic mass is 16.3. The molecule has 0 spiro atoms. The molecule has 74 valence electrons. The van der Waals surface area contributed by atoms with Gasteiger partial charge >= 0.3 is 0 Å². The Bertz CT molecular complexity index is 97.2. The molecule has 0 aliphatic heterocycles. The molecule has 0 saturated carbocycles. The van der Waals surface area contributed by atoms with E-state index in [0.29, 0.717) is 12.0 Å². The van der Waals surface area contributed by atoms with E-state index in [4.69, 9.17) is 5.11 Å². The van der Waals surface area contributed by atoms with Crippen molar-refractivity contribution in [2.75, 3.05) is 6.61 Å². The van der Waals surface area contributed by atoms with Crippen molar-refractivity contribution < 1.29 is 5.11 Å². The van der Waals surface area contributed by atoms with E-state index in [0.717, 1.165) is 6.42 Å². The first kappa shape index (κ1) is 12.0. The highest BCUT2D eigenvalue weighted by molar-refractivity contribution is 4.67. The van der Waals surface area contributed by atoms with Crippen LogP contribution in [0.15, 0.2) is 0 Å². The zero-order chi connectivity index (χ0) is 9.45. The molecule has 0 rings (SSSR count). The predicted molar refractivity (Wildman–Crippen MR) is 54.2 cm³/mol. The third-order valence-electron chi connectivity index (χ3n) is 2.50. The molecular formula is C11H24O. The minimum absolute atomic E-state index is 0.334. The van der Waals surface area contributed by atoms with Gasteiger partial charge in [-0.3, -0.25) is 0 Å². The average Bonchev–Trinajstić information content (AvgIpc) is 1.98. The molecular weight excluding hydrogens is 148 g/mol. The fourth-order valence-corrected chi connectivity index (χ4v) is 1.46. The summed E-state index contributed by atoms with van der Waals surface area (Å²) in [5.74, 6) is 0. The molecule has 1 N–H and O–H groups in total. The maximum absolute atomic E-state index is 8.80. The van der Waals surface area contributed by atoms with Crippen LogP contribution in [0.3, 0.4) is 0 Å². The fourth-order valence-electron chi connectivity index (χ4n) is 1.46. The van der Waals surface area contributed by atoms with Crippen LogP contribution in [0.4, 0.5) is 0 Å². The summed E-state index contributed by atoms with van der Waals surface area (Å²) in [5, 5.41) is 8.80. The van der Waals surface area contributed by atoms with Crippen LogP contribution in [-0.4, -0.2) is 11.7 Å². The molecule has 0 saturated heterocycles. The molecule has 0 aromatic carbocycles. The molecule has 12 heavy (non-hydrogen) atoms. The van der Waals surface area contributed by atoms with Crippen molar-refractivity contribution in [3.05, 3.63) is 0 Å². The summed E-state index contributed by atoms with van der Waals surface area (Å²) in [7, 11) is 0. The maximum Gasteiger partial charge on any atom is 0.0436 e. The van der Waals surface area contributed by atoms with Gasteiger partial charge in [0.15, 0.2) is 0 Å². The normalized spacial score (nSPS) is 12.0. The van der Waals surface area contributed by atoms with Crippen LogP contribution in [0.5, 0.6) is 0 Å². The van der Waals surface area contributed by atoms with Gasteiger partial charge in [-0.1, -0.05) is 46.5 Å². The van der Waals surface area contributed by atoms with Crippen molar-refractivity contribution in [1.82, 2.24) is 0 Å². The van der Waals surface area contributed by atoms with Gasteiger partial charge in [-0.05, 0) is 18.3 Å². The molecule has 0 radical (unpaired) electrons. The van der Waals surface area contributed by atoms with Crippen molar-refractivity contribution in [3.63, 3.8) is 0 Å². The lowest BCUT2D eigenvalue weighted by Gasteiger charge is -2.23. The lowest BCUT2D eigenvalue weighted by molar-refractivity contribution is 0.198. The van der Waals surface area contributed by atoms with E-state index in [2.05, 4.69) is 20.8 Å². The molecule has 0 fully saturated rings. The van der Waals surface area contributed by atoms with Gasteiger partial charge in [-0.15, -0.1) is 0 Å². The molecule has 0 bridgehead atoms. The Morgan fingerprint density at radius 2 is 1.67 bits per heavy atom. The first-order valence-corrected chi connectivity index (χ1v) is 5.23. The number of rotatable bonds is 7. The first-order chi connectivity index (χ1) is 5.62. The van der Waals surface area contributed by atoms with Gasteiger partial charge in [0.1, 0.15) is 0 Å². The monoisotopic (exact) mass is 172 g/mol. The molecule has 1 heteroatoms. The summed E-state index contributed by atoms with van der Waals surface area (Å²) >= 11 is 0. The molecule has 0 aromatic rings. The van der Waals surface area contributed by atoms with Crippen molar-refractivity contribution in [2.45, 2.75) is 59.3 Å². The summed E-state index contributed by atoms with van der Waals surface area (Å²) in [4.78, 5) is 0. The average molecular weight is 172 g/mol. The van der Waals surface area contributed by atoms with Crippen LogP contribution in [0, 0.1) is 5.41 Å². The van der Waals surface area contributed by atoms with Crippen molar-refractivity contribution >= 4 is 0 Å². The first-order valence-electron chi connectivity index (χ1n) is 5.23. The third-order valence-corrected chi connectivity index (χ3v) is 2.50. The zero-order valence-corrected chi connectivity index (χ0v) is 8.90. The second-order valence-corrected chi connectivity index (χ2v) is 4.45. The van der Waals surface area contributed by atoms with Crippen LogP contribution in [0.1, 0.15) is 59.3 Å². The second-order valence-electron chi connectivity index (χ2n) is 4.45. The molecule has 0 aromatic heterocycles. The lowest BCUT2D eigenvalue weighted by atomic mass is 9.84. The van der Waals surface area contributed by atoms with Crippen LogP contribution in [-0.2, 0) is 0 Å². The number of hydrogen-bond acceptors (Lipinski definition) is 1. The van der Waals surface area contributed by atoms with E-state index < -0.39 is 0 Å². The minimum atomic E-state index is 0.334. The summed E-state index contributed by atoms with van der Waals surface area (Å²) < 4.78 is 0. The van der Waals surface area contributed by atoms with E-state index in [1.807, 2.05) is 0 Å². The molecule has 0 aliphatic carbocycles. The number of hydrogen-bond donors (Lipinski definition) is 1. The SMILES string of the molecule is CCCCCCC(C)(C)CCO.